The van der Waals surface area contributed by atoms with Crippen molar-refractivity contribution < 1.29 is 9.53 Å². The van der Waals surface area contributed by atoms with E-state index in [1.807, 2.05) is 29.2 Å². The average molecular weight is 349 g/mol. The Morgan fingerprint density at radius 2 is 2.25 bits per heavy atom. The van der Waals surface area contributed by atoms with Crippen LogP contribution in [0, 0.1) is 0 Å². The molecule has 2 heterocycles. The Kier molecular flexibility index (Phi) is 5.72. The fraction of sp³-hybridized carbons (Fsp3) is 0.412. The van der Waals surface area contributed by atoms with Crippen molar-refractivity contribution in [2.24, 2.45) is 0 Å². The highest BCUT2D eigenvalue weighted by atomic mass is 35.5. The van der Waals surface area contributed by atoms with Crippen LogP contribution in [-0.4, -0.2) is 39.8 Å². The summed E-state index contributed by atoms with van der Waals surface area (Å²) in [4.78, 5) is 18.2. The van der Waals surface area contributed by atoms with Crippen molar-refractivity contribution >= 4 is 17.6 Å². The molecule has 1 saturated heterocycles. The number of ether oxygens (including phenoxy) is 1. The van der Waals surface area contributed by atoms with Crippen LogP contribution in [0.5, 0.6) is 0 Å². The molecule has 2 amide bonds. The number of benzene rings is 1. The number of halogens is 1. The first-order valence-corrected chi connectivity index (χ1v) is 8.48. The fourth-order valence-electron chi connectivity index (χ4n) is 2.86. The van der Waals surface area contributed by atoms with Gasteiger partial charge in [-0.3, -0.25) is 0 Å². The number of rotatable bonds is 5. The largest absolute Gasteiger partial charge is 0.375 e. The molecule has 3 rings (SSSR count). The molecule has 1 atom stereocenters. The van der Waals surface area contributed by atoms with Gasteiger partial charge in [0.05, 0.1) is 19.3 Å². The molecule has 0 spiro atoms. The minimum absolute atomic E-state index is 0.0739. The van der Waals surface area contributed by atoms with Crippen LogP contribution >= 0.6 is 11.6 Å². The smallest absolute Gasteiger partial charge is 0.336 e. The van der Waals surface area contributed by atoms with Gasteiger partial charge in [0.1, 0.15) is 6.33 Å². The summed E-state index contributed by atoms with van der Waals surface area (Å²) < 4.78 is 7.38. The van der Waals surface area contributed by atoms with E-state index in [0.717, 1.165) is 31.4 Å². The van der Waals surface area contributed by atoms with Gasteiger partial charge in [0.2, 0.25) is 0 Å². The molecular weight excluding hydrogens is 328 g/mol. The van der Waals surface area contributed by atoms with E-state index in [1.54, 1.807) is 23.4 Å². The predicted octanol–water partition coefficient (Wildman–Crippen LogP) is 3.27. The van der Waals surface area contributed by atoms with Crippen molar-refractivity contribution in [1.82, 2.24) is 14.6 Å². The zero-order valence-corrected chi connectivity index (χ0v) is 14.2. The highest BCUT2D eigenvalue weighted by molar-refractivity contribution is 6.31. The molecule has 24 heavy (non-hydrogen) atoms. The molecule has 1 aliphatic rings. The molecule has 0 saturated carbocycles. The number of piperidine rings is 1. The number of hydrogen-bond acceptors (Lipinski definition) is 3. The topological polar surface area (TPSA) is 59.4 Å². The number of nitrogens with zero attached hydrogens (tertiary/aromatic N) is 3. The summed E-state index contributed by atoms with van der Waals surface area (Å²) in [5.41, 5.74) is 3.77. The van der Waals surface area contributed by atoms with Gasteiger partial charge in [-0.1, -0.05) is 29.8 Å². The quantitative estimate of drug-likeness (QED) is 0.902. The zero-order chi connectivity index (χ0) is 16.8. The number of nitrogens with one attached hydrogen (secondary N) is 1. The van der Waals surface area contributed by atoms with E-state index in [0.29, 0.717) is 18.2 Å². The summed E-state index contributed by atoms with van der Waals surface area (Å²) >= 11 is 6.14. The zero-order valence-electron chi connectivity index (χ0n) is 13.4. The second kappa shape index (κ2) is 8.17. The molecule has 0 bridgehead atoms. The Balaban J connectivity index is 1.54. The predicted molar refractivity (Wildman–Crippen MR) is 92.4 cm³/mol. The lowest BCUT2D eigenvalue weighted by Gasteiger charge is -2.35. The first kappa shape index (κ1) is 16.8. The van der Waals surface area contributed by atoms with Gasteiger partial charge in [-0.15, -0.1) is 0 Å². The Labute approximate surface area is 146 Å². The molecule has 128 valence electrons. The maximum Gasteiger partial charge on any atom is 0.336 e. The molecule has 2 aromatic rings. The molecule has 1 aromatic heterocycles. The summed E-state index contributed by atoms with van der Waals surface area (Å²) in [6.07, 6.45) is 7.95. The molecule has 1 aromatic carbocycles. The molecule has 0 radical (unpaired) electrons. The molecule has 1 aliphatic heterocycles. The number of amides is 2. The third-order valence-electron chi connectivity index (χ3n) is 4.14. The molecule has 1 N–H and O–H groups in total. The lowest BCUT2D eigenvalue weighted by atomic mass is 10.0. The first-order valence-electron chi connectivity index (χ1n) is 8.11. The van der Waals surface area contributed by atoms with Crippen molar-refractivity contribution in [2.45, 2.75) is 31.9 Å². The first-order chi connectivity index (χ1) is 11.7. The van der Waals surface area contributed by atoms with Crippen LogP contribution in [0.15, 0.2) is 43.0 Å². The van der Waals surface area contributed by atoms with Gasteiger partial charge in [-0.2, -0.15) is 0 Å². The maximum atomic E-state index is 12.5. The van der Waals surface area contributed by atoms with Crippen LogP contribution < -0.4 is 5.43 Å². The second-order valence-electron chi connectivity index (χ2n) is 5.84. The summed E-state index contributed by atoms with van der Waals surface area (Å²) in [7, 11) is 0. The van der Waals surface area contributed by atoms with Gasteiger partial charge in [-0.25, -0.2) is 19.9 Å². The fourth-order valence-corrected chi connectivity index (χ4v) is 3.05. The number of urea groups is 1. The van der Waals surface area contributed by atoms with E-state index >= 15 is 0 Å². The molecule has 0 aliphatic carbocycles. The lowest BCUT2D eigenvalue weighted by Crippen LogP contribution is -2.49. The summed E-state index contributed by atoms with van der Waals surface area (Å²) in [6.45, 7) is 1.69. The van der Waals surface area contributed by atoms with Crippen LogP contribution in [-0.2, 0) is 11.3 Å². The van der Waals surface area contributed by atoms with Crippen molar-refractivity contribution in [3.63, 3.8) is 0 Å². The van der Waals surface area contributed by atoms with Gasteiger partial charge in [0, 0.05) is 24.0 Å². The molecule has 6 nitrogen and oxygen atoms in total. The number of aromatic nitrogens is 2. The Bertz CT molecular complexity index is 662. The molecular formula is C17H21ClN4O2. The molecule has 1 unspecified atom stereocenters. The van der Waals surface area contributed by atoms with Crippen LogP contribution in [0.1, 0.15) is 24.8 Å². The summed E-state index contributed by atoms with van der Waals surface area (Å²) in [5, 5.41) is 0.704. The standard InChI is InChI=1S/C17H21ClN4O2/c18-16-7-2-1-5-14(16)11-24-12-15-6-3-4-9-22(15)17(23)20-21-10-8-19-13-21/h1-2,5,7-8,10,13,15H,3-4,6,9,11-12H2,(H,20,23). The van der Waals surface area contributed by atoms with Crippen LogP contribution in [0.3, 0.4) is 0 Å². The number of imidazole rings is 1. The van der Waals surface area contributed by atoms with Crippen molar-refractivity contribution in [3.8, 4) is 0 Å². The van der Waals surface area contributed by atoms with Crippen LogP contribution in [0.2, 0.25) is 5.02 Å². The van der Waals surface area contributed by atoms with E-state index in [1.165, 1.54) is 0 Å². The van der Waals surface area contributed by atoms with Gasteiger partial charge in [-0.05, 0) is 30.9 Å². The van der Waals surface area contributed by atoms with E-state index < -0.39 is 0 Å². The number of likely N-dealkylation sites (tertiary alicyclic amines) is 1. The molecule has 7 heteroatoms. The highest BCUT2D eigenvalue weighted by Gasteiger charge is 2.27. The monoisotopic (exact) mass is 348 g/mol. The third kappa shape index (κ3) is 4.27. The Morgan fingerprint density at radius 1 is 1.38 bits per heavy atom. The average Bonchev–Trinajstić information content (AvgIpc) is 3.10. The SMILES string of the molecule is O=C(Nn1ccnc1)N1CCCCC1COCc1ccccc1Cl. The van der Waals surface area contributed by atoms with Crippen LogP contribution in [0.25, 0.3) is 0 Å². The highest BCUT2D eigenvalue weighted by Crippen LogP contribution is 2.20. The Morgan fingerprint density at radius 3 is 3.04 bits per heavy atom. The lowest BCUT2D eigenvalue weighted by molar-refractivity contribution is 0.0499. The van der Waals surface area contributed by atoms with E-state index in [-0.39, 0.29) is 12.1 Å². The summed E-state index contributed by atoms with van der Waals surface area (Å²) in [6, 6.07) is 7.59. The van der Waals surface area contributed by atoms with Gasteiger partial charge in [0.25, 0.3) is 0 Å². The Hall–Kier alpha value is -2.05. The van der Waals surface area contributed by atoms with Gasteiger partial charge >= 0.3 is 6.03 Å². The van der Waals surface area contributed by atoms with E-state index in [4.69, 9.17) is 16.3 Å². The van der Waals surface area contributed by atoms with Crippen LogP contribution in [0.4, 0.5) is 4.79 Å². The van der Waals surface area contributed by atoms with E-state index in [9.17, 15) is 4.79 Å². The van der Waals surface area contributed by atoms with E-state index in [2.05, 4.69) is 10.4 Å². The number of carbonyl (C=O) groups excluding carboxylic acids is 1. The number of hydrogen-bond donors (Lipinski definition) is 1. The summed E-state index contributed by atoms with van der Waals surface area (Å²) in [5.74, 6) is 0. The van der Waals surface area contributed by atoms with Crippen molar-refractivity contribution in [1.29, 1.82) is 0 Å². The van der Waals surface area contributed by atoms with Crippen molar-refractivity contribution in [2.75, 3.05) is 18.6 Å². The maximum absolute atomic E-state index is 12.5. The van der Waals surface area contributed by atoms with Gasteiger partial charge in [0.15, 0.2) is 0 Å². The second-order valence-corrected chi connectivity index (χ2v) is 6.24. The normalized spacial score (nSPS) is 17.7. The third-order valence-corrected chi connectivity index (χ3v) is 4.51. The minimum atomic E-state index is -0.126. The minimum Gasteiger partial charge on any atom is -0.375 e. The van der Waals surface area contributed by atoms with Gasteiger partial charge < -0.3 is 9.64 Å². The van der Waals surface area contributed by atoms with Crippen molar-refractivity contribution in [3.05, 3.63) is 53.6 Å². The molecule has 1 fully saturated rings. The number of carbonyl (C=O) groups is 1.